The molecule has 3 rings (SSSR count). The molecule has 82 valence electrons. The van der Waals surface area contributed by atoms with Crippen molar-refractivity contribution in [2.24, 2.45) is 0 Å². The van der Waals surface area contributed by atoms with Gasteiger partial charge in [-0.15, -0.1) is 0 Å². The Morgan fingerprint density at radius 3 is 2.88 bits per heavy atom. The molecule has 0 radical (unpaired) electrons. The molecule has 0 spiro atoms. The number of hydrogen-bond donors (Lipinski definition) is 4. The van der Waals surface area contributed by atoms with E-state index in [1.54, 1.807) is 0 Å². The average molecular weight is 220 g/mol. The molecule has 7 nitrogen and oxygen atoms in total. The van der Waals surface area contributed by atoms with Crippen LogP contribution in [0.4, 0.5) is 0 Å². The number of carboxylic acid groups (broad SMARTS) is 1. The Morgan fingerprint density at radius 1 is 1.31 bits per heavy atom. The van der Waals surface area contributed by atoms with E-state index in [-0.39, 0.29) is 11.3 Å². The molecule has 0 bridgehead atoms. The van der Waals surface area contributed by atoms with Gasteiger partial charge in [0.2, 0.25) is 0 Å². The second kappa shape index (κ2) is 2.84. The molecule has 0 atom stereocenters. The summed E-state index contributed by atoms with van der Waals surface area (Å²) in [5, 5.41) is 20.6. The van der Waals surface area contributed by atoms with E-state index < -0.39 is 5.97 Å². The van der Waals surface area contributed by atoms with E-state index in [9.17, 15) is 9.59 Å². The number of nitrogens with one attached hydrogen (secondary N) is 3. The van der Waals surface area contributed by atoms with Crippen molar-refractivity contribution in [1.29, 1.82) is 0 Å². The summed E-state index contributed by atoms with van der Waals surface area (Å²) >= 11 is 0. The van der Waals surface area contributed by atoms with Crippen LogP contribution in [0.3, 0.4) is 0 Å². The highest BCUT2D eigenvalue weighted by Crippen LogP contribution is 2.31. The first-order valence-corrected chi connectivity index (χ1v) is 4.79. The third-order valence-electron chi connectivity index (χ3n) is 2.80. The van der Waals surface area contributed by atoms with E-state index in [1.165, 1.54) is 0 Å². The van der Waals surface area contributed by atoms with E-state index >= 15 is 0 Å². The molecule has 0 fully saturated rings. The second-order valence-corrected chi connectivity index (χ2v) is 3.66. The van der Waals surface area contributed by atoms with Crippen LogP contribution in [0, 0.1) is 0 Å². The van der Waals surface area contributed by atoms with E-state index in [0.717, 1.165) is 5.69 Å². The maximum absolute atomic E-state index is 11.4. The van der Waals surface area contributed by atoms with Gasteiger partial charge >= 0.3 is 5.97 Å². The molecule has 0 aliphatic heterocycles. The number of hydrogen-bond acceptors (Lipinski definition) is 3. The van der Waals surface area contributed by atoms with Crippen LogP contribution >= 0.6 is 0 Å². The summed E-state index contributed by atoms with van der Waals surface area (Å²) < 4.78 is 0. The van der Waals surface area contributed by atoms with Crippen LogP contribution in [0.5, 0.6) is 0 Å². The lowest BCUT2D eigenvalue weighted by Crippen LogP contribution is -2.12. The van der Waals surface area contributed by atoms with E-state index in [0.29, 0.717) is 29.7 Å². The third kappa shape index (κ3) is 0.992. The monoisotopic (exact) mass is 220 g/mol. The molecule has 1 aliphatic carbocycles. The highest BCUT2D eigenvalue weighted by Gasteiger charge is 2.28. The number of rotatable bonds is 1. The molecule has 2 aromatic rings. The number of carboxylic acids is 1. The van der Waals surface area contributed by atoms with Crippen LogP contribution in [-0.4, -0.2) is 31.5 Å². The fourth-order valence-electron chi connectivity index (χ4n) is 2.07. The van der Waals surface area contributed by atoms with Crippen molar-refractivity contribution in [3.63, 3.8) is 0 Å². The molecule has 0 amide bonds. The maximum atomic E-state index is 11.4. The number of carbonyl (C=O) groups is 1. The lowest BCUT2D eigenvalue weighted by molar-refractivity contribution is 0.0691. The first kappa shape index (κ1) is 8.96. The van der Waals surface area contributed by atoms with Crippen molar-refractivity contribution < 1.29 is 9.90 Å². The lowest BCUT2D eigenvalue weighted by Gasteiger charge is -2.09. The zero-order valence-corrected chi connectivity index (χ0v) is 8.13. The van der Waals surface area contributed by atoms with E-state index in [4.69, 9.17) is 5.11 Å². The Balaban J connectivity index is 2.33. The van der Waals surface area contributed by atoms with Crippen molar-refractivity contribution in [3.8, 4) is 11.3 Å². The highest BCUT2D eigenvalue weighted by molar-refractivity contribution is 5.95. The predicted octanol–water partition coefficient (Wildman–Crippen LogP) is -0.110. The number of fused-ring (bicyclic) bond motifs is 3. The van der Waals surface area contributed by atoms with Gasteiger partial charge in [-0.25, -0.2) is 4.79 Å². The van der Waals surface area contributed by atoms with Gasteiger partial charge in [0.05, 0.1) is 11.3 Å². The Hall–Kier alpha value is -2.31. The first-order valence-electron chi connectivity index (χ1n) is 4.79. The summed E-state index contributed by atoms with van der Waals surface area (Å²) in [5.41, 5.74) is 2.13. The van der Waals surface area contributed by atoms with Crippen molar-refractivity contribution in [3.05, 3.63) is 27.3 Å². The van der Waals surface area contributed by atoms with Gasteiger partial charge in [-0.3, -0.25) is 20.1 Å². The maximum Gasteiger partial charge on any atom is 0.357 e. The number of aryl methyl sites for hydroxylation is 1. The summed E-state index contributed by atoms with van der Waals surface area (Å²) in [6.07, 6.45) is 1.19. The largest absolute Gasteiger partial charge is 0.476 e. The molecule has 0 aromatic carbocycles. The topological polar surface area (TPSA) is 115 Å². The molecule has 0 unspecified atom stereocenters. The summed E-state index contributed by atoms with van der Waals surface area (Å²) in [6, 6.07) is 0. The van der Waals surface area contributed by atoms with Gasteiger partial charge in [0.1, 0.15) is 0 Å². The zero-order valence-electron chi connectivity index (χ0n) is 8.13. The minimum Gasteiger partial charge on any atom is -0.476 e. The third-order valence-corrected chi connectivity index (χ3v) is 2.80. The number of aromatic amines is 3. The highest BCUT2D eigenvalue weighted by atomic mass is 16.4. The minimum absolute atomic E-state index is 0.0498. The van der Waals surface area contributed by atoms with Crippen LogP contribution in [0.15, 0.2) is 4.79 Å². The quantitative estimate of drug-likeness (QED) is 0.536. The van der Waals surface area contributed by atoms with Gasteiger partial charge in [0, 0.05) is 11.3 Å². The van der Waals surface area contributed by atoms with Crippen molar-refractivity contribution >= 4 is 5.97 Å². The van der Waals surface area contributed by atoms with Crippen molar-refractivity contribution in [1.82, 2.24) is 20.4 Å². The van der Waals surface area contributed by atoms with Crippen molar-refractivity contribution in [2.45, 2.75) is 12.8 Å². The Labute approximate surface area is 88.5 Å². The molecular formula is C9H8N4O3. The molecule has 4 N–H and O–H groups in total. The molecule has 2 aromatic heterocycles. The van der Waals surface area contributed by atoms with Crippen LogP contribution in [0.25, 0.3) is 11.3 Å². The summed E-state index contributed by atoms with van der Waals surface area (Å²) in [6.45, 7) is 0. The summed E-state index contributed by atoms with van der Waals surface area (Å²) in [7, 11) is 0. The first-order chi connectivity index (χ1) is 7.68. The van der Waals surface area contributed by atoms with E-state index in [2.05, 4.69) is 20.4 Å². The standard InChI is InChI=1S/C9H8N4O3/c14-8-3-1-2-4-5(6(3)11-13-8)7(9(15)16)12-10-4/h1-2H2,(H,10,12)(H,15,16)(H2,11,13,14). The van der Waals surface area contributed by atoms with Crippen LogP contribution in [-0.2, 0) is 12.8 Å². The number of H-pyrrole nitrogens is 3. The Morgan fingerprint density at radius 2 is 2.12 bits per heavy atom. The van der Waals surface area contributed by atoms with Gasteiger partial charge in [-0.05, 0) is 12.8 Å². The molecule has 2 heterocycles. The second-order valence-electron chi connectivity index (χ2n) is 3.66. The molecular weight excluding hydrogens is 212 g/mol. The number of aromatic carboxylic acids is 1. The lowest BCUT2D eigenvalue weighted by atomic mass is 9.94. The van der Waals surface area contributed by atoms with E-state index in [1.807, 2.05) is 0 Å². The van der Waals surface area contributed by atoms with Crippen LogP contribution in [0.2, 0.25) is 0 Å². The normalized spacial score (nSPS) is 13.2. The van der Waals surface area contributed by atoms with Gasteiger partial charge in [-0.1, -0.05) is 0 Å². The fourth-order valence-corrected chi connectivity index (χ4v) is 2.07. The predicted molar refractivity (Wildman–Crippen MR) is 53.4 cm³/mol. The minimum atomic E-state index is -1.10. The zero-order chi connectivity index (χ0) is 11.3. The molecule has 7 heteroatoms. The van der Waals surface area contributed by atoms with Gasteiger partial charge in [0.15, 0.2) is 5.69 Å². The number of nitrogens with zero attached hydrogens (tertiary/aromatic N) is 1. The van der Waals surface area contributed by atoms with Gasteiger partial charge in [0.25, 0.3) is 5.56 Å². The summed E-state index contributed by atoms with van der Waals surface area (Å²) in [4.78, 5) is 22.4. The molecule has 16 heavy (non-hydrogen) atoms. The molecule has 0 saturated heterocycles. The van der Waals surface area contributed by atoms with Crippen LogP contribution < -0.4 is 5.56 Å². The molecule has 1 aliphatic rings. The molecule has 0 saturated carbocycles. The van der Waals surface area contributed by atoms with Gasteiger partial charge < -0.3 is 5.11 Å². The Kier molecular flexibility index (Phi) is 1.59. The van der Waals surface area contributed by atoms with Crippen LogP contribution in [0.1, 0.15) is 21.7 Å². The average Bonchev–Trinajstić information content (AvgIpc) is 2.81. The Bertz CT molecular complexity index is 633. The SMILES string of the molecule is O=C(O)c1n[nH]c2c1-c1[nH][nH]c(=O)c1CC2. The van der Waals surface area contributed by atoms with Crippen molar-refractivity contribution in [2.75, 3.05) is 0 Å². The number of aromatic nitrogens is 4. The summed E-state index contributed by atoms with van der Waals surface area (Å²) in [5.74, 6) is -1.10. The fraction of sp³-hybridized carbons (Fsp3) is 0.222. The van der Waals surface area contributed by atoms with Gasteiger partial charge in [-0.2, -0.15) is 5.10 Å². The smallest absolute Gasteiger partial charge is 0.357 e.